The number of allylic oxidation sites excluding steroid dienone is 1. The maximum Gasteiger partial charge on any atom is 0.352 e. The summed E-state index contributed by atoms with van der Waals surface area (Å²) in [5, 5.41) is 8.24. The van der Waals surface area contributed by atoms with Gasteiger partial charge in [-0.2, -0.15) is 0 Å². The highest BCUT2D eigenvalue weighted by Crippen LogP contribution is 2.23. The molecule has 0 atom stereocenters. The number of carboxylic acid groups (broad SMARTS) is 1. The van der Waals surface area contributed by atoms with Crippen LogP contribution < -0.4 is 0 Å². The van der Waals surface area contributed by atoms with E-state index in [0.29, 0.717) is 0 Å². The maximum absolute atomic E-state index is 10.0. The molecule has 0 amide bonds. The largest absolute Gasteiger partial charge is 0.477 e. The maximum atomic E-state index is 10.0. The van der Waals surface area contributed by atoms with E-state index in [1.165, 1.54) is 22.8 Å². The van der Waals surface area contributed by atoms with Gasteiger partial charge in [-0.1, -0.05) is 30.8 Å². The molecule has 0 spiro atoms. The molecule has 17 heavy (non-hydrogen) atoms. The van der Waals surface area contributed by atoms with Crippen LogP contribution >= 0.6 is 0 Å². The molecule has 3 heteroatoms. The highest BCUT2D eigenvalue weighted by atomic mass is 16.4. The highest BCUT2D eigenvalue weighted by Gasteiger charge is 2.06. The third kappa shape index (κ3) is 2.64. The molecule has 2 N–H and O–H groups in total. The summed E-state index contributed by atoms with van der Waals surface area (Å²) in [6.45, 7) is 3.94. The Morgan fingerprint density at radius 3 is 2.18 bits per heavy atom. The minimum absolute atomic E-state index is 0.227. The average molecular weight is 227 g/mol. The monoisotopic (exact) mass is 227 g/mol. The number of H-pyrrole nitrogens is 1. The molecule has 0 radical (unpaired) electrons. The minimum atomic E-state index is -0.921. The van der Waals surface area contributed by atoms with Crippen LogP contribution in [0.1, 0.15) is 21.6 Å². The van der Waals surface area contributed by atoms with Crippen molar-refractivity contribution in [1.82, 2.24) is 4.98 Å². The minimum Gasteiger partial charge on any atom is -0.477 e. The molecule has 2 bridgehead atoms. The first-order valence-electron chi connectivity index (χ1n) is 5.30. The van der Waals surface area contributed by atoms with Gasteiger partial charge in [0, 0.05) is 6.20 Å². The molecule has 0 unspecified atom stereocenters. The molecule has 1 heterocycles. The van der Waals surface area contributed by atoms with E-state index in [4.69, 9.17) is 5.11 Å². The predicted molar refractivity (Wildman–Crippen MR) is 66.9 cm³/mol. The van der Waals surface area contributed by atoms with Gasteiger partial charge >= 0.3 is 5.97 Å². The third-order valence-corrected chi connectivity index (χ3v) is 2.61. The van der Waals surface area contributed by atoms with Gasteiger partial charge in [-0.3, -0.25) is 0 Å². The fourth-order valence-corrected chi connectivity index (χ4v) is 1.67. The molecule has 2 aliphatic carbocycles. The first kappa shape index (κ1) is 11.2. The number of carboxylic acids is 1. The van der Waals surface area contributed by atoms with Crippen molar-refractivity contribution in [2.75, 3.05) is 0 Å². The number of aromatic carboxylic acids is 1. The standard InChI is InChI=1S/C9H8.C5H5NO2/c1-7-6-8-2-4-9(7)5-3-8;7-5(8)4-2-1-3-6-4/h2-5H,1,6H2;1-3,6H,(H,7,8). The van der Waals surface area contributed by atoms with Crippen LogP contribution in [0.25, 0.3) is 5.57 Å². The van der Waals surface area contributed by atoms with Crippen LogP contribution in [-0.2, 0) is 6.42 Å². The Morgan fingerprint density at radius 2 is 1.94 bits per heavy atom. The van der Waals surface area contributed by atoms with E-state index in [0.717, 1.165) is 6.42 Å². The Hall–Kier alpha value is -2.29. The average Bonchev–Trinajstić information content (AvgIpc) is 2.84. The van der Waals surface area contributed by atoms with E-state index in [-0.39, 0.29) is 5.69 Å². The Balaban J connectivity index is 0.000000128. The van der Waals surface area contributed by atoms with E-state index in [1.807, 2.05) is 0 Å². The van der Waals surface area contributed by atoms with Gasteiger partial charge < -0.3 is 10.1 Å². The Morgan fingerprint density at radius 1 is 1.24 bits per heavy atom. The van der Waals surface area contributed by atoms with Crippen molar-refractivity contribution in [2.24, 2.45) is 0 Å². The zero-order valence-corrected chi connectivity index (χ0v) is 9.31. The summed E-state index contributed by atoms with van der Waals surface area (Å²) >= 11 is 0. The van der Waals surface area contributed by atoms with Crippen molar-refractivity contribution in [1.29, 1.82) is 0 Å². The lowest BCUT2D eigenvalue weighted by Crippen LogP contribution is -1.95. The van der Waals surface area contributed by atoms with Gasteiger partial charge in [-0.15, -0.1) is 0 Å². The summed E-state index contributed by atoms with van der Waals surface area (Å²) in [6, 6.07) is 11.7. The van der Waals surface area contributed by atoms with Crippen molar-refractivity contribution in [3.05, 3.63) is 66.0 Å². The van der Waals surface area contributed by atoms with Gasteiger partial charge in [0.1, 0.15) is 5.69 Å². The molecule has 2 aliphatic rings. The van der Waals surface area contributed by atoms with Crippen molar-refractivity contribution in [3.8, 4) is 0 Å². The van der Waals surface area contributed by atoms with Gasteiger partial charge in [0.2, 0.25) is 0 Å². The van der Waals surface area contributed by atoms with Crippen molar-refractivity contribution in [2.45, 2.75) is 6.42 Å². The normalized spacial score (nSPS) is 11.9. The molecule has 0 aliphatic heterocycles. The molecule has 4 rings (SSSR count). The molecule has 2 aromatic rings. The zero-order chi connectivity index (χ0) is 12.3. The molecular formula is C14H13NO2. The first-order valence-corrected chi connectivity index (χ1v) is 5.30. The molecule has 1 aromatic carbocycles. The zero-order valence-electron chi connectivity index (χ0n) is 9.31. The second-order valence-electron chi connectivity index (χ2n) is 3.87. The number of rotatable bonds is 1. The molecule has 0 fully saturated rings. The number of aromatic amines is 1. The lowest BCUT2D eigenvalue weighted by atomic mass is 9.92. The van der Waals surface area contributed by atoms with Gasteiger partial charge in [0.05, 0.1) is 0 Å². The number of nitrogens with one attached hydrogen (secondary N) is 1. The lowest BCUT2D eigenvalue weighted by Gasteiger charge is -2.12. The summed E-state index contributed by atoms with van der Waals surface area (Å²) in [7, 11) is 0. The number of hydrogen-bond donors (Lipinski definition) is 2. The molecular weight excluding hydrogens is 214 g/mol. The van der Waals surface area contributed by atoms with Crippen LogP contribution in [0.3, 0.4) is 0 Å². The van der Waals surface area contributed by atoms with Gasteiger partial charge in [0.15, 0.2) is 0 Å². The summed E-state index contributed by atoms with van der Waals surface area (Å²) in [4.78, 5) is 12.6. The van der Waals surface area contributed by atoms with Crippen molar-refractivity contribution >= 4 is 11.5 Å². The SMILES string of the molecule is C=C1Cc2ccc1cc2.O=C(O)c1ccc[nH]1. The Kier molecular flexibility index (Phi) is 3.10. The van der Waals surface area contributed by atoms with Gasteiger partial charge in [0.25, 0.3) is 0 Å². The molecule has 1 aromatic heterocycles. The fraction of sp³-hybridized carbons (Fsp3) is 0.0714. The fourth-order valence-electron chi connectivity index (χ4n) is 1.67. The number of hydrogen-bond acceptors (Lipinski definition) is 1. The number of carbonyl (C=O) groups is 1. The van der Waals surface area contributed by atoms with E-state index >= 15 is 0 Å². The number of benzene rings is 1. The molecule has 3 nitrogen and oxygen atoms in total. The van der Waals surface area contributed by atoms with Crippen molar-refractivity contribution < 1.29 is 9.90 Å². The Labute approximate surface area is 99.4 Å². The Bertz CT molecular complexity index is 524. The molecule has 86 valence electrons. The molecule has 0 saturated heterocycles. The van der Waals surface area contributed by atoms with Crippen LogP contribution in [0.4, 0.5) is 0 Å². The van der Waals surface area contributed by atoms with Crippen LogP contribution in [0.15, 0.2) is 49.2 Å². The lowest BCUT2D eigenvalue weighted by molar-refractivity contribution is 0.0691. The van der Waals surface area contributed by atoms with Crippen LogP contribution in [0, 0.1) is 0 Å². The summed E-state index contributed by atoms with van der Waals surface area (Å²) in [5.41, 5.74) is 4.17. The van der Waals surface area contributed by atoms with Gasteiger partial charge in [-0.25, -0.2) is 4.79 Å². The topological polar surface area (TPSA) is 53.1 Å². The van der Waals surface area contributed by atoms with E-state index < -0.39 is 5.97 Å². The van der Waals surface area contributed by atoms with Crippen LogP contribution in [-0.4, -0.2) is 16.1 Å². The third-order valence-electron chi connectivity index (χ3n) is 2.61. The second kappa shape index (κ2) is 4.70. The van der Waals surface area contributed by atoms with E-state index in [1.54, 1.807) is 12.3 Å². The van der Waals surface area contributed by atoms with E-state index in [9.17, 15) is 4.79 Å². The van der Waals surface area contributed by atoms with Crippen LogP contribution in [0.5, 0.6) is 0 Å². The van der Waals surface area contributed by atoms with Crippen LogP contribution in [0.2, 0.25) is 0 Å². The van der Waals surface area contributed by atoms with Crippen molar-refractivity contribution in [3.63, 3.8) is 0 Å². The summed E-state index contributed by atoms with van der Waals surface area (Å²) in [6.07, 6.45) is 2.63. The number of aromatic nitrogens is 1. The van der Waals surface area contributed by atoms with E-state index in [2.05, 4.69) is 35.8 Å². The smallest absolute Gasteiger partial charge is 0.352 e. The quantitative estimate of drug-likeness (QED) is 0.786. The second-order valence-corrected chi connectivity index (χ2v) is 3.87. The van der Waals surface area contributed by atoms with Gasteiger partial charge in [-0.05, 0) is 35.3 Å². The number of fused-ring (bicyclic) bond motifs is 3. The predicted octanol–water partition coefficient (Wildman–Crippen LogP) is 2.97. The highest BCUT2D eigenvalue weighted by molar-refractivity contribution is 5.85. The summed E-state index contributed by atoms with van der Waals surface area (Å²) in [5.74, 6) is -0.921. The first-order chi connectivity index (χ1) is 8.16. The molecule has 0 saturated carbocycles. The summed E-state index contributed by atoms with van der Waals surface area (Å²) < 4.78 is 0.